The number of hydrogen-bond acceptors (Lipinski definition) is 3. The molecule has 0 aromatic rings. The van der Waals surface area contributed by atoms with Gasteiger partial charge in [0.2, 0.25) is 0 Å². The molecule has 1 saturated carbocycles. The van der Waals surface area contributed by atoms with Crippen molar-refractivity contribution in [2.45, 2.75) is 51.5 Å². The van der Waals surface area contributed by atoms with Crippen molar-refractivity contribution in [1.82, 2.24) is 15.1 Å². The highest BCUT2D eigenvalue weighted by Gasteiger charge is 2.16. The molecule has 3 N–H and O–H groups in total. The van der Waals surface area contributed by atoms with Crippen LogP contribution in [0.1, 0.15) is 45.4 Å². The maximum atomic E-state index is 6.07. The largest absolute Gasteiger partial charge is 0.370 e. The van der Waals surface area contributed by atoms with Crippen molar-refractivity contribution in [3.8, 4) is 0 Å². The van der Waals surface area contributed by atoms with Gasteiger partial charge in [-0.15, -0.1) is 24.0 Å². The van der Waals surface area contributed by atoms with Crippen molar-refractivity contribution >= 4 is 29.9 Å². The van der Waals surface area contributed by atoms with Gasteiger partial charge in [0.1, 0.15) is 0 Å². The van der Waals surface area contributed by atoms with Gasteiger partial charge < -0.3 is 20.9 Å². The van der Waals surface area contributed by atoms with Crippen molar-refractivity contribution < 1.29 is 0 Å². The van der Waals surface area contributed by atoms with Crippen LogP contribution in [0.5, 0.6) is 0 Å². The SMILES string of the molecule is CC(CN=C(N)NC1CCCCCC1)CN1CCN(C)CC1.I. The number of piperazine rings is 1. The summed E-state index contributed by atoms with van der Waals surface area (Å²) in [7, 11) is 2.20. The molecule has 0 bridgehead atoms. The summed E-state index contributed by atoms with van der Waals surface area (Å²) in [4.78, 5) is 9.52. The Balaban J connectivity index is 0.00000264. The van der Waals surface area contributed by atoms with E-state index in [0.29, 0.717) is 17.9 Å². The molecule has 0 aromatic carbocycles. The van der Waals surface area contributed by atoms with E-state index in [1.54, 1.807) is 0 Å². The minimum absolute atomic E-state index is 0. The zero-order valence-corrected chi connectivity index (χ0v) is 17.3. The number of nitrogens with one attached hydrogen (secondary N) is 1. The van der Waals surface area contributed by atoms with Crippen LogP contribution in [0.25, 0.3) is 0 Å². The molecular formula is C17H36IN5. The van der Waals surface area contributed by atoms with Crippen LogP contribution in [0.2, 0.25) is 0 Å². The fourth-order valence-corrected chi connectivity index (χ4v) is 3.46. The van der Waals surface area contributed by atoms with E-state index >= 15 is 0 Å². The topological polar surface area (TPSA) is 56.9 Å². The Hall–Kier alpha value is -0.0800. The monoisotopic (exact) mass is 437 g/mol. The average molecular weight is 437 g/mol. The van der Waals surface area contributed by atoms with Crippen LogP contribution < -0.4 is 11.1 Å². The van der Waals surface area contributed by atoms with Gasteiger partial charge in [-0.1, -0.05) is 32.6 Å². The molecular weight excluding hydrogens is 401 g/mol. The van der Waals surface area contributed by atoms with Crippen molar-refractivity contribution in [2.75, 3.05) is 46.3 Å². The van der Waals surface area contributed by atoms with E-state index in [2.05, 4.69) is 34.1 Å². The molecule has 1 atom stereocenters. The zero-order valence-electron chi connectivity index (χ0n) is 15.0. The second-order valence-corrected chi connectivity index (χ2v) is 7.27. The molecule has 1 aliphatic heterocycles. The maximum Gasteiger partial charge on any atom is 0.188 e. The Labute approximate surface area is 159 Å². The molecule has 1 aliphatic carbocycles. The van der Waals surface area contributed by atoms with Gasteiger partial charge in [-0.05, 0) is 25.8 Å². The summed E-state index contributed by atoms with van der Waals surface area (Å²) in [5.41, 5.74) is 6.07. The molecule has 0 aromatic heterocycles. The lowest BCUT2D eigenvalue weighted by Gasteiger charge is -2.33. The normalized spacial score (nSPS) is 23.8. The van der Waals surface area contributed by atoms with Crippen LogP contribution >= 0.6 is 24.0 Å². The minimum Gasteiger partial charge on any atom is -0.370 e. The van der Waals surface area contributed by atoms with Gasteiger partial charge in [-0.3, -0.25) is 4.99 Å². The average Bonchev–Trinajstić information content (AvgIpc) is 2.76. The van der Waals surface area contributed by atoms with E-state index in [0.717, 1.165) is 13.1 Å². The molecule has 1 unspecified atom stereocenters. The van der Waals surface area contributed by atoms with Crippen LogP contribution in [-0.4, -0.2) is 68.1 Å². The first-order valence-corrected chi connectivity index (χ1v) is 9.11. The summed E-state index contributed by atoms with van der Waals surface area (Å²) in [5.74, 6) is 1.22. The van der Waals surface area contributed by atoms with Crippen LogP contribution in [0.3, 0.4) is 0 Å². The highest BCUT2D eigenvalue weighted by Crippen LogP contribution is 2.16. The Kier molecular flexibility index (Phi) is 10.5. The van der Waals surface area contributed by atoms with E-state index in [9.17, 15) is 0 Å². The third-order valence-corrected chi connectivity index (χ3v) is 4.95. The quantitative estimate of drug-likeness (QED) is 0.300. The molecule has 0 amide bonds. The third-order valence-electron chi connectivity index (χ3n) is 4.95. The predicted molar refractivity (Wildman–Crippen MR) is 110 cm³/mol. The van der Waals surface area contributed by atoms with Crippen molar-refractivity contribution in [1.29, 1.82) is 0 Å². The Morgan fingerprint density at radius 3 is 2.35 bits per heavy atom. The standard InChI is InChI=1S/C17H35N5.HI/c1-15(14-22-11-9-21(2)10-12-22)13-19-17(18)20-16-7-5-3-4-6-8-16;/h15-16H,3-14H2,1-2H3,(H3,18,19,20);1H. The van der Waals surface area contributed by atoms with Gasteiger partial charge in [0.25, 0.3) is 0 Å². The zero-order chi connectivity index (χ0) is 15.8. The van der Waals surface area contributed by atoms with Gasteiger partial charge in [-0.2, -0.15) is 0 Å². The van der Waals surface area contributed by atoms with E-state index in [1.807, 2.05) is 0 Å². The number of rotatable bonds is 5. The Morgan fingerprint density at radius 2 is 1.74 bits per heavy atom. The molecule has 23 heavy (non-hydrogen) atoms. The lowest BCUT2D eigenvalue weighted by molar-refractivity contribution is 0.140. The highest BCUT2D eigenvalue weighted by atomic mass is 127. The molecule has 0 spiro atoms. The molecule has 2 rings (SSSR count). The van der Waals surface area contributed by atoms with Gasteiger partial charge in [0.15, 0.2) is 5.96 Å². The molecule has 2 fully saturated rings. The van der Waals surface area contributed by atoms with Gasteiger partial charge >= 0.3 is 0 Å². The van der Waals surface area contributed by atoms with Gasteiger partial charge in [0.05, 0.1) is 0 Å². The van der Waals surface area contributed by atoms with Crippen molar-refractivity contribution in [3.63, 3.8) is 0 Å². The summed E-state index contributed by atoms with van der Waals surface area (Å²) in [5, 5.41) is 3.43. The molecule has 6 heteroatoms. The van der Waals surface area contributed by atoms with E-state index in [1.165, 1.54) is 64.7 Å². The first-order chi connectivity index (χ1) is 10.6. The predicted octanol–water partition coefficient (Wildman–Crippen LogP) is 2.12. The highest BCUT2D eigenvalue weighted by molar-refractivity contribution is 14.0. The fourth-order valence-electron chi connectivity index (χ4n) is 3.46. The van der Waals surface area contributed by atoms with Crippen molar-refractivity contribution in [2.24, 2.45) is 16.6 Å². The smallest absolute Gasteiger partial charge is 0.188 e. The molecule has 136 valence electrons. The van der Waals surface area contributed by atoms with Crippen LogP contribution in [-0.2, 0) is 0 Å². The van der Waals surface area contributed by atoms with Crippen LogP contribution in [0, 0.1) is 5.92 Å². The number of aliphatic imine (C=N–C) groups is 1. The fraction of sp³-hybridized carbons (Fsp3) is 0.941. The Bertz CT molecular complexity index is 334. The van der Waals surface area contributed by atoms with Crippen LogP contribution in [0.15, 0.2) is 4.99 Å². The molecule has 1 saturated heterocycles. The number of hydrogen-bond donors (Lipinski definition) is 2. The number of likely N-dealkylation sites (N-methyl/N-ethyl adjacent to an activating group) is 1. The summed E-state index contributed by atoms with van der Waals surface area (Å²) < 4.78 is 0. The lowest BCUT2D eigenvalue weighted by Crippen LogP contribution is -2.46. The lowest BCUT2D eigenvalue weighted by atomic mass is 10.1. The molecule has 1 heterocycles. The number of nitrogens with two attached hydrogens (primary N) is 1. The Morgan fingerprint density at radius 1 is 1.13 bits per heavy atom. The third kappa shape index (κ3) is 8.54. The first kappa shape index (κ1) is 21.0. The second-order valence-electron chi connectivity index (χ2n) is 7.27. The van der Waals surface area contributed by atoms with Crippen LogP contribution in [0.4, 0.5) is 0 Å². The summed E-state index contributed by atoms with van der Waals surface area (Å²) in [6.07, 6.45) is 7.88. The van der Waals surface area contributed by atoms with Crippen molar-refractivity contribution in [3.05, 3.63) is 0 Å². The number of guanidine groups is 1. The van der Waals surface area contributed by atoms with E-state index < -0.39 is 0 Å². The number of halogens is 1. The summed E-state index contributed by atoms with van der Waals surface area (Å²) in [6.45, 7) is 8.97. The summed E-state index contributed by atoms with van der Waals surface area (Å²) in [6, 6.07) is 0.541. The molecule has 0 radical (unpaired) electrons. The second kappa shape index (κ2) is 11.5. The summed E-state index contributed by atoms with van der Waals surface area (Å²) >= 11 is 0. The van der Waals surface area contributed by atoms with E-state index in [4.69, 9.17) is 5.73 Å². The number of nitrogens with zero attached hydrogens (tertiary/aromatic N) is 3. The minimum atomic E-state index is 0. The van der Waals surface area contributed by atoms with Gasteiger partial charge in [-0.25, -0.2) is 0 Å². The van der Waals surface area contributed by atoms with E-state index in [-0.39, 0.29) is 24.0 Å². The maximum absolute atomic E-state index is 6.07. The molecule has 5 nitrogen and oxygen atoms in total. The first-order valence-electron chi connectivity index (χ1n) is 9.11. The molecule has 2 aliphatic rings. The van der Waals surface area contributed by atoms with Gasteiger partial charge in [0, 0.05) is 45.3 Å².